The van der Waals surface area contributed by atoms with Crippen LogP contribution in [0.1, 0.15) is 12.0 Å². The molecule has 5 heteroatoms. The van der Waals surface area contributed by atoms with E-state index in [1.165, 1.54) is 0 Å². The van der Waals surface area contributed by atoms with Gasteiger partial charge in [-0.3, -0.25) is 0 Å². The van der Waals surface area contributed by atoms with Gasteiger partial charge in [0.05, 0.1) is 13.7 Å². The first-order valence-electron chi connectivity index (χ1n) is 6.56. The number of nitrogens with two attached hydrogens (primary N) is 1. The monoisotopic (exact) mass is 266 g/mol. The van der Waals surface area contributed by atoms with Crippen LogP contribution in [-0.4, -0.2) is 44.9 Å². The van der Waals surface area contributed by atoms with E-state index in [0.717, 1.165) is 43.0 Å². The zero-order chi connectivity index (χ0) is 13.7. The van der Waals surface area contributed by atoms with Crippen molar-refractivity contribution in [2.45, 2.75) is 18.9 Å². The Morgan fingerprint density at radius 1 is 1.37 bits per heavy atom. The van der Waals surface area contributed by atoms with Crippen LogP contribution in [0.2, 0.25) is 0 Å². The zero-order valence-corrected chi connectivity index (χ0v) is 11.6. The van der Waals surface area contributed by atoms with Crippen molar-refractivity contribution in [1.29, 1.82) is 0 Å². The number of ether oxygens (including phenoxy) is 2. The van der Waals surface area contributed by atoms with Crippen molar-refractivity contribution in [2.24, 2.45) is 5.90 Å². The Kier molecular flexibility index (Phi) is 5.01. The number of methoxy groups -OCH3 is 1. The molecule has 1 aliphatic rings. The minimum atomic E-state index is 0.236. The number of nitrogens with zero attached hydrogens (tertiary/aromatic N) is 1. The van der Waals surface area contributed by atoms with E-state index in [4.69, 9.17) is 15.4 Å². The quantitative estimate of drug-likeness (QED) is 0.784. The minimum Gasteiger partial charge on any atom is -0.493 e. The number of likely N-dealkylation sites (tertiary alicyclic amines) is 1. The first-order chi connectivity index (χ1) is 9.22. The van der Waals surface area contributed by atoms with Gasteiger partial charge >= 0.3 is 0 Å². The highest BCUT2D eigenvalue weighted by molar-refractivity contribution is 5.43. The average Bonchev–Trinajstić information content (AvgIpc) is 2.82. The van der Waals surface area contributed by atoms with Crippen molar-refractivity contribution in [3.05, 3.63) is 23.8 Å². The van der Waals surface area contributed by atoms with Gasteiger partial charge in [0.25, 0.3) is 0 Å². The summed E-state index contributed by atoms with van der Waals surface area (Å²) in [5, 5.41) is 0. The smallest absolute Gasteiger partial charge is 0.161 e. The second kappa shape index (κ2) is 6.75. The van der Waals surface area contributed by atoms with Gasteiger partial charge in [-0.2, -0.15) is 0 Å². The fourth-order valence-electron chi connectivity index (χ4n) is 2.32. The van der Waals surface area contributed by atoms with E-state index in [1.54, 1.807) is 7.11 Å². The highest BCUT2D eigenvalue weighted by Gasteiger charge is 2.22. The van der Waals surface area contributed by atoms with Gasteiger partial charge in [0.1, 0.15) is 6.10 Å². The summed E-state index contributed by atoms with van der Waals surface area (Å²) in [4.78, 5) is 6.88. The summed E-state index contributed by atoms with van der Waals surface area (Å²) >= 11 is 0. The van der Waals surface area contributed by atoms with Crippen molar-refractivity contribution in [1.82, 2.24) is 4.90 Å². The molecule has 1 saturated heterocycles. The van der Waals surface area contributed by atoms with E-state index >= 15 is 0 Å². The summed E-state index contributed by atoms with van der Waals surface area (Å²) < 4.78 is 11.4. The zero-order valence-electron chi connectivity index (χ0n) is 11.6. The fraction of sp³-hybridized carbons (Fsp3) is 0.571. The van der Waals surface area contributed by atoms with Crippen molar-refractivity contribution < 1.29 is 14.3 Å². The van der Waals surface area contributed by atoms with Crippen LogP contribution in [0, 0.1) is 0 Å². The second-order valence-corrected chi connectivity index (χ2v) is 4.90. The summed E-state index contributed by atoms with van der Waals surface area (Å²) in [7, 11) is 3.77. The predicted molar refractivity (Wildman–Crippen MR) is 73.4 cm³/mol. The molecule has 0 saturated carbocycles. The van der Waals surface area contributed by atoms with Crippen LogP contribution in [0.3, 0.4) is 0 Å². The topological polar surface area (TPSA) is 57.0 Å². The second-order valence-electron chi connectivity index (χ2n) is 4.90. The first-order valence-corrected chi connectivity index (χ1v) is 6.56. The molecule has 2 N–H and O–H groups in total. The maximum absolute atomic E-state index is 6.05. The van der Waals surface area contributed by atoms with Gasteiger partial charge < -0.3 is 19.2 Å². The molecule has 0 radical (unpaired) electrons. The standard InChI is InChI=1S/C14H22N2O3/c1-16-7-5-12(10-16)19-14-9-11(6-8-18-15)3-4-13(14)17-2/h3-4,9,12H,5-8,10,15H2,1-2H3. The van der Waals surface area contributed by atoms with E-state index in [0.29, 0.717) is 6.61 Å². The molecule has 1 aromatic carbocycles. The number of hydrogen-bond donors (Lipinski definition) is 1. The van der Waals surface area contributed by atoms with Crippen LogP contribution in [0.25, 0.3) is 0 Å². The SMILES string of the molecule is COc1ccc(CCON)cc1OC1CCN(C)C1. The summed E-state index contributed by atoms with van der Waals surface area (Å²) in [5.41, 5.74) is 1.13. The summed E-state index contributed by atoms with van der Waals surface area (Å²) in [6.45, 7) is 2.53. The largest absolute Gasteiger partial charge is 0.493 e. The number of hydrogen-bond acceptors (Lipinski definition) is 5. The van der Waals surface area contributed by atoms with Crippen molar-refractivity contribution >= 4 is 0 Å². The molecule has 0 spiro atoms. The lowest BCUT2D eigenvalue weighted by atomic mass is 10.1. The lowest BCUT2D eigenvalue weighted by Crippen LogP contribution is -2.21. The van der Waals surface area contributed by atoms with Crippen LogP contribution in [0.5, 0.6) is 11.5 Å². The molecular weight excluding hydrogens is 244 g/mol. The van der Waals surface area contributed by atoms with E-state index in [-0.39, 0.29) is 6.10 Å². The minimum absolute atomic E-state index is 0.236. The molecule has 0 aliphatic carbocycles. The van der Waals surface area contributed by atoms with Crippen molar-refractivity contribution in [3.63, 3.8) is 0 Å². The maximum atomic E-state index is 6.05. The first kappa shape index (κ1) is 14.1. The number of likely N-dealkylation sites (N-methyl/N-ethyl adjacent to an activating group) is 1. The maximum Gasteiger partial charge on any atom is 0.161 e. The van der Waals surface area contributed by atoms with Crippen molar-refractivity contribution in [3.8, 4) is 11.5 Å². The van der Waals surface area contributed by atoms with Gasteiger partial charge in [-0.1, -0.05) is 6.07 Å². The van der Waals surface area contributed by atoms with Gasteiger partial charge in [0, 0.05) is 13.1 Å². The molecular formula is C14H22N2O3. The van der Waals surface area contributed by atoms with E-state index in [2.05, 4.69) is 16.8 Å². The molecule has 1 aromatic rings. The lowest BCUT2D eigenvalue weighted by Gasteiger charge is -2.17. The van der Waals surface area contributed by atoms with Crippen LogP contribution < -0.4 is 15.4 Å². The normalized spacial score (nSPS) is 19.6. The third kappa shape index (κ3) is 3.83. The molecule has 0 bridgehead atoms. The molecule has 2 rings (SSSR count). The van der Waals surface area contributed by atoms with Gasteiger partial charge in [-0.25, -0.2) is 5.90 Å². The van der Waals surface area contributed by atoms with Crippen LogP contribution in [0.15, 0.2) is 18.2 Å². The van der Waals surface area contributed by atoms with Crippen molar-refractivity contribution in [2.75, 3.05) is 33.9 Å². The Hall–Kier alpha value is -1.30. The van der Waals surface area contributed by atoms with Gasteiger partial charge in [-0.15, -0.1) is 0 Å². The Morgan fingerprint density at radius 3 is 2.84 bits per heavy atom. The molecule has 1 fully saturated rings. The molecule has 5 nitrogen and oxygen atoms in total. The van der Waals surface area contributed by atoms with Gasteiger partial charge in [0.15, 0.2) is 11.5 Å². The van der Waals surface area contributed by atoms with Gasteiger partial charge in [0.2, 0.25) is 0 Å². The molecule has 106 valence electrons. The molecule has 0 amide bonds. The highest BCUT2D eigenvalue weighted by atomic mass is 16.6. The van der Waals surface area contributed by atoms with Crippen LogP contribution in [0.4, 0.5) is 0 Å². The third-order valence-corrected chi connectivity index (χ3v) is 3.38. The molecule has 1 heterocycles. The number of rotatable bonds is 6. The van der Waals surface area contributed by atoms with Gasteiger partial charge in [-0.05, 0) is 37.6 Å². The van der Waals surface area contributed by atoms with E-state index in [1.807, 2.05) is 18.2 Å². The molecule has 1 unspecified atom stereocenters. The Labute approximate surface area is 114 Å². The average molecular weight is 266 g/mol. The van der Waals surface area contributed by atoms with E-state index < -0.39 is 0 Å². The third-order valence-electron chi connectivity index (χ3n) is 3.38. The van der Waals surface area contributed by atoms with Crippen LogP contribution in [-0.2, 0) is 11.3 Å². The predicted octanol–water partition coefficient (Wildman–Crippen LogP) is 1.21. The summed E-state index contributed by atoms with van der Waals surface area (Å²) in [5.74, 6) is 6.63. The van der Waals surface area contributed by atoms with Crippen LogP contribution >= 0.6 is 0 Å². The van der Waals surface area contributed by atoms with E-state index in [9.17, 15) is 0 Å². The molecule has 0 aromatic heterocycles. The fourth-order valence-corrected chi connectivity index (χ4v) is 2.32. The molecule has 1 aliphatic heterocycles. The Balaban J connectivity index is 2.07. The summed E-state index contributed by atoms with van der Waals surface area (Å²) in [6, 6.07) is 5.95. The Bertz CT molecular complexity index is 412. The molecule has 1 atom stereocenters. The lowest BCUT2D eigenvalue weighted by molar-refractivity contribution is 0.141. The Morgan fingerprint density at radius 2 is 2.21 bits per heavy atom. The number of benzene rings is 1. The highest BCUT2D eigenvalue weighted by Crippen LogP contribution is 2.30. The molecule has 19 heavy (non-hydrogen) atoms. The summed E-state index contributed by atoms with van der Waals surface area (Å²) in [6.07, 6.45) is 2.05.